The predicted octanol–water partition coefficient (Wildman–Crippen LogP) is 2.28. The number of fused-ring (bicyclic) bond motifs is 1. The molecule has 1 atom stereocenters. The summed E-state index contributed by atoms with van der Waals surface area (Å²) in [5.41, 5.74) is 2.34. The Hall–Kier alpha value is -1.13. The maximum absolute atomic E-state index is 5.45. The van der Waals surface area contributed by atoms with Crippen LogP contribution in [0.4, 0.5) is 0 Å². The minimum Gasteiger partial charge on any atom is -0.469 e. The van der Waals surface area contributed by atoms with Crippen LogP contribution in [0, 0.1) is 6.92 Å². The van der Waals surface area contributed by atoms with E-state index in [9.17, 15) is 0 Å². The molecule has 78 valence electrons. The highest BCUT2D eigenvalue weighted by molar-refractivity contribution is 7.09. The number of aromatic nitrogens is 1. The van der Waals surface area contributed by atoms with Crippen molar-refractivity contribution in [3.8, 4) is 0 Å². The van der Waals surface area contributed by atoms with Gasteiger partial charge in [-0.25, -0.2) is 4.98 Å². The topological polar surface area (TPSA) is 38.1 Å². The van der Waals surface area contributed by atoms with E-state index in [4.69, 9.17) is 4.42 Å². The zero-order valence-corrected chi connectivity index (χ0v) is 9.30. The van der Waals surface area contributed by atoms with Crippen molar-refractivity contribution in [3.05, 3.63) is 39.7 Å². The SMILES string of the molecule is Cc1csc(C2NCCc3occc32)n1. The first-order valence-corrected chi connectivity index (χ1v) is 5.94. The van der Waals surface area contributed by atoms with Gasteiger partial charge in [0.15, 0.2) is 0 Å². The molecule has 2 aromatic heterocycles. The van der Waals surface area contributed by atoms with Gasteiger partial charge >= 0.3 is 0 Å². The summed E-state index contributed by atoms with van der Waals surface area (Å²) in [5, 5.41) is 6.70. The largest absolute Gasteiger partial charge is 0.469 e. The van der Waals surface area contributed by atoms with Crippen LogP contribution in [0.5, 0.6) is 0 Å². The number of aryl methyl sites for hydroxylation is 1. The summed E-state index contributed by atoms with van der Waals surface area (Å²) in [6.07, 6.45) is 2.74. The minimum absolute atomic E-state index is 0.228. The average molecular weight is 220 g/mol. The molecule has 15 heavy (non-hydrogen) atoms. The summed E-state index contributed by atoms with van der Waals surface area (Å²) in [4.78, 5) is 4.53. The van der Waals surface area contributed by atoms with E-state index in [1.165, 1.54) is 5.56 Å². The molecule has 0 aromatic carbocycles. The molecular formula is C11H12N2OS. The fourth-order valence-corrected chi connectivity index (χ4v) is 2.86. The molecule has 0 bridgehead atoms. The van der Waals surface area contributed by atoms with E-state index < -0.39 is 0 Å². The quantitative estimate of drug-likeness (QED) is 0.801. The van der Waals surface area contributed by atoms with Gasteiger partial charge in [0.05, 0.1) is 12.3 Å². The molecule has 3 heterocycles. The molecule has 0 spiro atoms. The Labute approximate surface area is 92.1 Å². The van der Waals surface area contributed by atoms with Crippen molar-refractivity contribution in [2.75, 3.05) is 6.54 Å². The second-order valence-electron chi connectivity index (χ2n) is 3.76. The molecule has 2 aromatic rings. The van der Waals surface area contributed by atoms with Gasteiger partial charge in [-0.15, -0.1) is 11.3 Å². The summed E-state index contributed by atoms with van der Waals surface area (Å²) in [5.74, 6) is 1.10. The Morgan fingerprint density at radius 1 is 1.60 bits per heavy atom. The lowest BCUT2D eigenvalue weighted by Crippen LogP contribution is -2.29. The molecule has 4 heteroatoms. The van der Waals surface area contributed by atoms with Crippen LogP contribution in [-0.2, 0) is 6.42 Å². The molecule has 0 fully saturated rings. The number of thiazole rings is 1. The lowest BCUT2D eigenvalue weighted by Gasteiger charge is -2.21. The standard InChI is InChI=1S/C11H12N2OS/c1-7-6-15-11(13-7)10-8-3-5-14-9(8)2-4-12-10/h3,5-6,10,12H,2,4H2,1H3. The van der Waals surface area contributed by atoms with E-state index in [2.05, 4.69) is 15.7 Å². The van der Waals surface area contributed by atoms with Gasteiger partial charge in [-0.2, -0.15) is 0 Å². The van der Waals surface area contributed by atoms with E-state index in [1.807, 2.05) is 13.0 Å². The van der Waals surface area contributed by atoms with Crippen LogP contribution in [-0.4, -0.2) is 11.5 Å². The molecule has 3 rings (SSSR count). The third-order valence-corrected chi connectivity index (χ3v) is 3.70. The highest BCUT2D eigenvalue weighted by Crippen LogP contribution is 2.30. The number of nitrogens with one attached hydrogen (secondary N) is 1. The van der Waals surface area contributed by atoms with Crippen LogP contribution >= 0.6 is 11.3 Å². The number of furan rings is 1. The molecule has 0 amide bonds. The van der Waals surface area contributed by atoms with Crippen LogP contribution in [0.1, 0.15) is 28.1 Å². The number of hydrogen-bond donors (Lipinski definition) is 1. The zero-order chi connectivity index (χ0) is 10.3. The maximum Gasteiger partial charge on any atom is 0.115 e. The molecule has 0 aliphatic carbocycles. The lowest BCUT2D eigenvalue weighted by atomic mass is 10.0. The molecule has 0 saturated carbocycles. The van der Waals surface area contributed by atoms with Gasteiger partial charge in [0.1, 0.15) is 10.8 Å². The van der Waals surface area contributed by atoms with Crippen molar-refractivity contribution in [1.82, 2.24) is 10.3 Å². The van der Waals surface area contributed by atoms with Crippen LogP contribution < -0.4 is 5.32 Å². The smallest absolute Gasteiger partial charge is 0.115 e. The highest BCUT2D eigenvalue weighted by Gasteiger charge is 2.25. The van der Waals surface area contributed by atoms with Gasteiger partial charge in [-0.3, -0.25) is 0 Å². The van der Waals surface area contributed by atoms with Gasteiger partial charge in [0, 0.05) is 29.6 Å². The highest BCUT2D eigenvalue weighted by atomic mass is 32.1. The van der Waals surface area contributed by atoms with Crippen LogP contribution in [0.2, 0.25) is 0 Å². The average Bonchev–Trinajstić information content (AvgIpc) is 2.84. The van der Waals surface area contributed by atoms with Crippen LogP contribution in [0.3, 0.4) is 0 Å². The molecule has 0 radical (unpaired) electrons. The van der Waals surface area contributed by atoms with Gasteiger partial charge in [0.2, 0.25) is 0 Å². The number of rotatable bonds is 1. The van der Waals surface area contributed by atoms with Crippen molar-refractivity contribution in [3.63, 3.8) is 0 Å². The third-order valence-electron chi connectivity index (χ3n) is 2.68. The first kappa shape index (κ1) is 9.12. The van der Waals surface area contributed by atoms with Crippen LogP contribution in [0.15, 0.2) is 22.1 Å². The Kier molecular flexibility index (Phi) is 2.11. The van der Waals surface area contributed by atoms with Crippen molar-refractivity contribution < 1.29 is 4.42 Å². The Bertz CT molecular complexity index is 474. The molecule has 3 nitrogen and oxygen atoms in total. The first-order chi connectivity index (χ1) is 7.34. The molecule has 1 unspecified atom stereocenters. The fourth-order valence-electron chi connectivity index (χ4n) is 1.98. The van der Waals surface area contributed by atoms with E-state index >= 15 is 0 Å². The van der Waals surface area contributed by atoms with Crippen molar-refractivity contribution >= 4 is 11.3 Å². The third kappa shape index (κ3) is 1.50. The second kappa shape index (κ2) is 3.47. The Balaban J connectivity index is 2.02. The zero-order valence-electron chi connectivity index (χ0n) is 8.49. The summed E-state index contributed by atoms with van der Waals surface area (Å²) in [6.45, 7) is 2.99. The van der Waals surface area contributed by atoms with E-state index in [1.54, 1.807) is 17.6 Å². The summed E-state index contributed by atoms with van der Waals surface area (Å²) in [6, 6.07) is 2.27. The van der Waals surface area contributed by atoms with Gasteiger partial charge in [0.25, 0.3) is 0 Å². The van der Waals surface area contributed by atoms with Gasteiger partial charge in [-0.05, 0) is 13.0 Å². The summed E-state index contributed by atoms with van der Waals surface area (Å²) in [7, 11) is 0. The Morgan fingerprint density at radius 2 is 2.53 bits per heavy atom. The Morgan fingerprint density at radius 3 is 3.33 bits per heavy atom. The van der Waals surface area contributed by atoms with Crippen molar-refractivity contribution in [2.24, 2.45) is 0 Å². The van der Waals surface area contributed by atoms with Gasteiger partial charge < -0.3 is 9.73 Å². The fraction of sp³-hybridized carbons (Fsp3) is 0.364. The maximum atomic E-state index is 5.45. The van der Waals surface area contributed by atoms with E-state index in [0.717, 1.165) is 29.4 Å². The number of hydrogen-bond acceptors (Lipinski definition) is 4. The molecule has 0 saturated heterocycles. The van der Waals surface area contributed by atoms with E-state index in [-0.39, 0.29) is 6.04 Å². The van der Waals surface area contributed by atoms with Crippen LogP contribution in [0.25, 0.3) is 0 Å². The van der Waals surface area contributed by atoms with Crippen molar-refractivity contribution in [2.45, 2.75) is 19.4 Å². The minimum atomic E-state index is 0.228. The molecule has 1 N–H and O–H groups in total. The lowest BCUT2D eigenvalue weighted by molar-refractivity contribution is 0.455. The summed E-state index contributed by atoms with van der Waals surface area (Å²) < 4.78 is 5.45. The normalized spacial score (nSPS) is 20.2. The van der Waals surface area contributed by atoms with E-state index in [0.29, 0.717) is 0 Å². The number of nitrogens with zero attached hydrogens (tertiary/aromatic N) is 1. The molecular weight excluding hydrogens is 208 g/mol. The molecule has 1 aliphatic heterocycles. The molecule has 1 aliphatic rings. The second-order valence-corrected chi connectivity index (χ2v) is 4.65. The first-order valence-electron chi connectivity index (χ1n) is 5.06. The predicted molar refractivity (Wildman–Crippen MR) is 59.1 cm³/mol. The van der Waals surface area contributed by atoms with Crippen molar-refractivity contribution in [1.29, 1.82) is 0 Å². The summed E-state index contributed by atoms with van der Waals surface area (Å²) >= 11 is 1.71. The monoisotopic (exact) mass is 220 g/mol. The van der Waals surface area contributed by atoms with Gasteiger partial charge in [-0.1, -0.05) is 0 Å².